The van der Waals surface area contributed by atoms with E-state index in [9.17, 15) is 13.2 Å². The summed E-state index contributed by atoms with van der Waals surface area (Å²) in [5.41, 5.74) is 1.03. The quantitative estimate of drug-likeness (QED) is 0.204. The Hall–Kier alpha value is -1.06. The van der Waals surface area contributed by atoms with Crippen molar-refractivity contribution >= 4 is 24.6 Å². The second-order valence-corrected chi connectivity index (χ2v) is 19.3. The van der Waals surface area contributed by atoms with Gasteiger partial charge in [-0.2, -0.15) is 4.31 Å². The van der Waals surface area contributed by atoms with E-state index >= 15 is 0 Å². The molecule has 0 amide bonds. The molecule has 1 aromatic carbocycles. The van der Waals surface area contributed by atoms with Crippen LogP contribution in [-0.2, 0) is 24.0 Å². The molecule has 1 fully saturated rings. The highest BCUT2D eigenvalue weighted by atomic mass is 32.2. The monoisotopic (exact) mass is 553 g/mol. The Morgan fingerprint density at radius 1 is 1.16 bits per heavy atom. The van der Waals surface area contributed by atoms with E-state index in [2.05, 4.69) is 47.7 Å². The summed E-state index contributed by atoms with van der Waals surface area (Å²) < 4.78 is 41.6. The first-order valence-electron chi connectivity index (χ1n) is 13.9. The lowest BCUT2D eigenvalue weighted by Gasteiger charge is -2.43. The summed E-state index contributed by atoms with van der Waals surface area (Å²) in [7, 11) is -3.97. The maximum absolute atomic E-state index is 13.4. The zero-order valence-corrected chi connectivity index (χ0v) is 26.6. The van der Waals surface area contributed by atoms with Gasteiger partial charge in [0, 0.05) is 24.9 Å². The molecule has 0 aromatic heterocycles. The maximum Gasteiger partial charge on any atom is 0.243 e. The summed E-state index contributed by atoms with van der Waals surface area (Å²) in [4.78, 5) is 12.1. The average Bonchev–Trinajstić information content (AvgIpc) is 3.29. The standard InChI is InChI=1S/C29H51NO5SSi/c1-11-12-24(30(8)36(32,33)26-16-13-21(2)14-17-26)19-25-15-18-27(34-25)23(4)28(22(3)20-31)35-37(9,10)29(5,6)7/h13-14,16-17,20,22-25,27-28H,11-12,15,18-19H2,1-10H3/t22-,23-,24-,25+,27-,28-/m1/s1. The van der Waals surface area contributed by atoms with Crippen molar-refractivity contribution in [2.75, 3.05) is 7.05 Å². The van der Waals surface area contributed by atoms with Crippen LogP contribution in [0.2, 0.25) is 18.1 Å². The number of carbonyl (C=O) groups is 1. The fourth-order valence-electron chi connectivity index (χ4n) is 4.95. The smallest absolute Gasteiger partial charge is 0.243 e. The molecule has 6 atom stereocenters. The van der Waals surface area contributed by atoms with Crippen LogP contribution in [0.5, 0.6) is 0 Å². The second-order valence-electron chi connectivity index (χ2n) is 12.6. The minimum absolute atomic E-state index is 0.0107. The van der Waals surface area contributed by atoms with Crippen molar-refractivity contribution in [1.29, 1.82) is 0 Å². The summed E-state index contributed by atoms with van der Waals surface area (Å²) in [5, 5.41) is 0.0491. The lowest BCUT2D eigenvalue weighted by molar-refractivity contribution is -0.116. The predicted molar refractivity (Wildman–Crippen MR) is 154 cm³/mol. The van der Waals surface area contributed by atoms with Gasteiger partial charge in [-0.25, -0.2) is 8.42 Å². The summed E-state index contributed by atoms with van der Waals surface area (Å²) in [6.45, 7) is 19.2. The third kappa shape index (κ3) is 7.98. The first kappa shape index (κ1) is 32.2. The number of carbonyl (C=O) groups excluding carboxylic acids is 1. The number of nitrogens with zero attached hydrogens (tertiary/aromatic N) is 1. The minimum atomic E-state index is -3.59. The number of ether oxygens (including phenoxy) is 1. The highest BCUT2D eigenvalue weighted by Gasteiger charge is 2.44. The molecule has 1 aliphatic rings. The van der Waals surface area contributed by atoms with Gasteiger partial charge in [-0.3, -0.25) is 0 Å². The first-order valence-corrected chi connectivity index (χ1v) is 18.2. The van der Waals surface area contributed by atoms with E-state index in [1.807, 2.05) is 26.0 Å². The lowest BCUT2D eigenvalue weighted by atomic mass is 9.89. The van der Waals surface area contributed by atoms with Crippen LogP contribution in [0.1, 0.15) is 79.2 Å². The molecule has 0 unspecified atom stereocenters. The van der Waals surface area contributed by atoms with Crippen LogP contribution in [0.3, 0.4) is 0 Å². The van der Waals surface area contributed by atoms with Crippen molar-refractivity contribution in [3.63, 3.8) is 0 Å². The Bertz CT molecular complexity index is 973. The SMILES string of the molecule is CCC[C@H](C[C@@H]1CC[C@H]([C@@H](C)[C@H](O[Si](C)(C)C(C)(C)C)[C@H](C)C=O)O1)N(C)S(=O)(=O)c1ccc(C)cc1. The highest BCUT2D eigenvalue weighted by Crippen LogP contribution is 2.41. The third-order valence-corrected chi connectivity index (χ3v) is 15.0. The van der Waals surface area contributed by atoms with Gasteiger partial charge in [0.2, 0.25) is 10.0 Å². The molecule has 0 spiro atoms. The summed E-state index contributed by atoms with van der Waals surface area (Å²) >= 11 is 0. The first-order chi connectivity index (χ1) is 17.0. The topological polar surface area (TPSA) is 72.9 Å². The normalized spacial score (nSPS) is 22.6. The molecule has 6 nitrogen and oxygen atoms in total. The van der Waals surface area contributed by atoms with Gasteiger partial charge >= 0.3 is 0 Å². The van der Waals surface area contributed by atoms with Crippen LogP contribution >= 0.6 is 0 Å². The van der Waals surface area contributed by atoms with E-state index in [0.717, 1.165) is 37.5 Å². The summed E-state index contributed by atoms with van der Waals surface area (Å²) in [5.74, 6) is -0.150. The molecule has 2 rings (SSSR count). The second kappa shape index (κ2) is 12.9. The zero-order valence-electron chi connectivity index (χ0n) is 24.8. The zero-order chi connectivity index (χ0) is 28.2. The van der Waals surface area contributed by atoms with Gasteiger partial charge in [0.05, 0.1) is 23.2 Å². The number of sulfonamides is 1. The minimum Gasteiger partial charge on any atom is -0.413 e. The van der Waals surface area contributed by atoms with E-state index in [1.165, 1.54) is 0 Å². The van der Waals surface area contributed by atoms with Crippen LogP contribution in [0, 0.1) is 18.8 Å². The van der Waals surface area contributed by atoms with Crippen LogP contribution in [0.4, 0.5) is 0 Å². The third-order valence-electron chi connectivity index (χ3n) is 8.58. The molecule has 1 aliphatic heterocycles. The summed E-state index contributed by atoms with van der Waals surface area (Å²) in [6, 6.07) is 6.91. The highest BCUT2D eigenvalue weighted by molar-refractivity contribution is 7.89. The fraction of sp³-hybridized carbons (Fsp3) is 0.759. The van der Waals surface area contributed by atoms with Crippen molar-refractivity contribution < 1.29 is 22.4 Å². The van der Waals surface area contributed by atoms with Gasteiger partial charge in [0.1, 0.15) is 6.29 Å². The predicted octanol–water partition coefficient (Wildman–Crippen LogP) is 6.58. The molecule has 8 heteroatoms. The number of rotatable bonds is 13. The largest absolute Gasteiger partial charge is 0.413 e. The van der Waals surface area contributed by atoms with Crippen molar-refractivity contribution in [2.45, 2.75) is 128 Å². The Kier molecular flexibility index (Phi) is 11.2. The van der Waals surface area contributed by atoms with Crippen molar-refractivity contribution in [3.05, 3.63) is 29.8 Å². The molecule has 0 aliphatic carbocycles. The van der Waals surface area contributed by atoms with E-state index < -0.39 is 18.3 Å². The molecule has 0 N–H and O–H groups in total. The van der Waals surface area contributed by atoms with Gasteiger partial charge < -0.3 is 14.0 Å². The lowest BCUT2D eigenvalue weighted by Crippen LogP contribution is -2.49. The molecule has 0 bridgehead atoms. The maximum atomic E-state index is 13.4. The molecule has 1 aromatic rings. The number of hydrogen-bond acceptors (Lipinski definition) is 5. The van der Waals surface area contributed by atoms with Crippen LogP contribution < -0.4 is 0 Å². The van der Waals surface area contributed by atoms with Gasteiger partial charge in [0.15, 0.2) is 8.32 Å². The van der Waals surface area contributed by atoms with Crippen LogP contribution in [-0.4, -0.2) is 58.7 Å². The molecule has 1 saturated heterocycles. The molecule has 0 radical (unpaired) electrons. The Morgan fingerprint density at radius 2 is 1.76 bits per heavy atom. The van der Waals surface area contributed by atoms with Gasteiger partial charge in [0.25, 0.3) is 0 Å². The number of benzene rings is 1. The van der Waals surface area contributed by atoms with Gasteiger partial charge in [-0.15, -0.1) is 0 Å². The van der Waals surface area contributed by atoms with E-state index in [-0.39, 0.29) is 41.2 Å². The Balaban J connectivity index is 2.14. The molecular formula is C29H51NO5SSi. The van der Waals surface area contributed by atoms with Crippen LogP contribution in [0.25, 0.3) is 0 Å². The number of aryl methyl sites for hydroxylation is 1. The van der Waals surface area contributed by atoms with Gasteiger partial charge in [-0.1, -0.05) is 65.7 Å². The molecule has 212 valence electrons. The Morgan fingerprint density at radius 3 is 2.27 bits per heavy atom. The summed E-state index contributed by atoms with van der Waals surface area (Å²) in [6.07, 6.45) is 4.89. The van der Waals surface area contributed by atoms with E-state index in [1.54, 1.807) is 23.5 Å². The van der Waals surface area contributed by atoms with Crippen LogP contribution in [0.15, 0.2) is 29.2 Å². The van der Waals surface area contributed by atoms with Crippen molar-refractivity contribution in [3.8, 4) is 0 Å². The molecule has 1 heterocycles. The molecule has 0 saturated carbocycles. The number of hydrogen-bond donors (Lipinski definition) is 0. The number of aldehydes is 1. The average molecular weight is 554 g/mol. The van der Waals surface area contributed by atoms with E-state index in [0.29, 0.717) is 11.3 Å². The molecule has 37 heavy (non-hydrogen) atoms. The molecular weight excluding hydrogens is 502 g/mol. The van der Waals surface area contributed by atoms with E-state index in [4.69, 9.17) is 9.16 Å². The van der Waals surface area contributed by atoms with Gasteiger partial charge in [-0.05, 0) is 62.9 Å². The van der Waals surface area contributed by atoms with Crippen molar-refractivity contribution in [1.82, 2.24) is 4.31 Å². The Labute approximate surface area is 227 Å². The van der Waals surface area contributed by atoms with Crippen molar-refractivity contribution in [2.24, 2.45) is 11.8 Å². The fourth-order valence-corrected chi connectivity index (χ4v) is 7.81.